The zero-order chi connectivity index (χ0) is 11.9. The molecule has 5 nitrogen and oxygen atoms in total. The Hall–Kier alpha value is -1.47. The summed E-state index contributed by atoms with van der Waals surface area (Å²) in [5, 5.41) is 12.9. The molecule has 0 atom stereocenters. The van der Waals surface area contributed by atoms with Crippen molar-refractivity contribution in [2.24, 2.45) is 10.9 Å². The highest BCUT2D eigenvalue weighted by atomic mass is 19.4. The van der Waals surface area contributed by atoms with Crippen molar-refractivity contribution in [1.29, 1.82) is 0 Å². The summed E-state index contributed by atoms with van der Waals surface area (Å²) >= 11 is 0. The second-order valence-corrected chi connectivity index (χ2v) is 2.84. The van der Waals surface area contributed by atoms with Crippen LogP contribution in [0.15, 0.2) is 5.16 Å². The predicted octanol–water partition coefficient (Wildman–Crippen LogP) is 0.582. The van der Waals surface area contributed by atoms with Gasteiger partial charge in [0.15, 0.2) is 0 Å². The van der Waals surface area contributed by atoms with Gasteiger partial charge in [-0.25, -0.2) is 0 Å². The first-order valence-electron chi connectivity index (χ1n) is 4.15. The average molecular weight is 227 g/mol. The van der Waals surface area contributed by atoms with E-state index in [0.29, 0.717) is 6.42 Å². The van der Waals surface area contributed by atoms with Crippen molar-refractivity contribution in [3.8, 4) is 0 Å². The minimum atomic E-state index is -4.49. The number of carbonyl (C=O) groups is 1. The number of alkyl halides is 3. The fourth-order valence-corrected chi connectivity index (χ4v) is 0.792. The Balaban J connectivity index is 3.57. The summed E-state index contributed by atoms with van der Waals surface area (Å²) in [7, 11) is 0. The highest BCUT2D eigenvalue weighted by molar-refractivity contribution is 5.79. The molecule has 0 saturated heterocycles. The van der Waals surface area contributed by atoms with Crippen LogP contribution >= 0.6 is 0 Å². The standard InChI is InChI=1S/C7H12F3N3O2/c8-7(9,10)4-6(14)12-3-1-2-5(11)13-15/h15H,1-4H2,(H2,11,13)(H,12,14). The summed E-state index contributed by atoms with van der Waals surface area (Å²) in [6.45, 7) is 0.0606. The van der Waals surface area contributed by atoms with Gasteiger partial charge >= 0.3 is 6.18 Å². The number of nitrogens with two attached hydrogens (primary N) is 1. The molecule has 0 bridgehead atoms. The maximum absolute atomic E-state index is 11.7. The molecule has 0 rings (SSSR count). The van der Waals surface area contributed by atoms with E-state index in [4.69, 9.17) is 10.9 Å². The Morgan fingerprint density at radius 3 is 2.53 bits per heavy atom. The fraction of sp³-hybridized carbons (Fsp3) is 0.714. The van der Waals surface area contributed by atoms with Gasteiger partial charge in [-0.05, 0) is 6.42 Å². The first-order valence-corrected chi connectivity index (χ1v) is 4.15. The highest BCUT2D eigenvalue weighted by Gasteiger charge is 2.30. The van der Waals surface area contributed by atoms with Crippen molar-refractivity contribution in [2.75, 3.05) is 6.54 Å². The van der Waals surface area contributed by atoms with Gasteiger partial charge in [0, 0.05) is 13.0 Å². The van der Waals surface area contributed by atoms with Gasteiger partial charge in [-0.2, -0.15) is 13.2 Å². The molecule has 0 aromatic heterocycles. The van der Waals surface area contributed by atoms with Crippen molar-refractivity contribution < 1.29 is 23.2 Å². The molecule has 0 aliphatic carbocycles. The Kier molecular flexibility index (Phi) is 5.50. The number of nitrogens with zero attached hydrogens (tertiary/aromatic N) is 1. The molecule has 4 N–H and O–H groups in total. The molecule has 0 spiro atoms. The average Bonchev–Trinajstić information content (AvgIpc) is 2.09. The minimum absolute atomic E-state index is 0.0277. The lowest BCUT2D eigenvalue weighted by Gasteiger charge is -2.07. The first-order chi connectivity index (χ1) is 6.85. The van der Waals surface area contributed by atoms with Gasteiger partial charge in [0.25, 0.3) is 0 Å². The van der Waals surface area contributed by atoms with Crippen molar-refractivity contribution in [3.05, 3.63) is 0 Å². The monoisotopic (exact) mass is 227 g/mol. The van der Waals surface area contributed by atoms with Crippen molar-refractivity contribution in [2.45, 2.75) is 25.4 Å². The van der Waals surface area contributed by atoms with Gasteiger partial charge in [0.2, 0.25) is 5.91 Å². The van der Waals surface area contributed by atoms with Crippen molar-refractivity contribution in [3.63, 3.8) is 0 Å². The molecule has 8 heteroatoms. The zero-order valence-electron chi connectivity index (χ0n) is 7.84. The van der Waals surface area contributed by atoms with E-state index in [1.54, 1.807) is 0 Å². The van der Waals surface area contributed by atoms with Crippen LogP contribution in [0.4, 0.5) is 13.2 Å². The lowest BCUT2D eigenvalue weighted by Crippen LogP contribution is -2.29. The molecule has 88 valence electrons. The number of amidine groups is 1. The minimum Gasteiger partial charge on any atom is -0.409 e. The summed E-state index contributed by atoms with van der Waals surface area (Å²) < 4.78 is 35.0. The number of rotatable bonds is 5. The normalized spacial score (nSPS) is 12.6. The van der Waals surface area contributed by atoms with Crippen LogP contribution in [0.5, 0.6) is 0 Å². The van der Waals surface area contributed by atoms with E-state index in [9.17, 15) is 18.0 Å². The number of hydrogen-bond donors (Lipinski definition) is 3. The summed E-state index contributed by atoms with van der Waals surface area (Å²) in [6.07, 6.45) is -5.45. The smallest absolute Gasteiger partial charge is 0.397 e. The number of amides is 1. The molecular weight excluding hydrogens is 215 g/mol. The quantitative estimate of drug-likeness (QED) is 0.211. The van der Waals surface area contributed by atoms with Gasteiger partial charge in [0.1, 0.15) is 12.3 Å². The maximum atomic E-state index is 11.7. The lowest BCUT2D eigenvalue weighted by molar-refractivity contribution is -0.153. The van der Waals surface area contributed by atoms with E-state index in [2.05, 4.69) is 10.5 Å². The van der Waals surface area contributed by atoms with Crippen LogP contribution in [0.25, 0.3) is 0 Å². The molecular formula is C7H12F3N3O2. The van der Waals surface area contributed by atoms with Gasteiger partial charge in [0.05, 0.1) is 0 Å². The van der Waals surface area contributed by atoms with Crippen molar-refractivity contribution >= 4 is 11.7 Å². The molecule has 15 heavy (non-hydrogen) atoms. The third-order valence-corrected chi connectivity index (χ3v) is 1.42. The molecule has 0 aromatic carbocycles. The molecule has 0 aromatic rings. The predicted molar refractivity (Wildman–Crippen MR) is 46.3 cm³/mol. The van der Waals surface area contributed by atoms with E-state index in [-0.39, 0.29) is 18.8 Å². The van der Waals surface area contributed by atoms with Gasteiger partial charge in [-0.1, -0.05) is 5.16 Å². The molecule has 0 fully saturated rings. The van der Waals surface area contributed by atoms with Crippen LogP contribution in [0.2, 0.25) is 0 Å². The third kappa shape index (κ3) is 8.85. The summed E-state index contributed by atoms with van der Waals surface area (Å²) in [5.74, 6) is -1.11. The van der Waals surface area contributed by atoms with E-state index in [1.807, 2.05) is 0 Å². The Morgan fingerprint density at radius 1 is 1.47 bits per heavy atom. The van der Waals surface area contributed by atoms with E-state index in [1.165, 1.54) is 0 Å². The number of carbonyl (C=O) groups excluding carboxylic acids is 1. The second kappa shape index (κ2) is 6.10. The molecule has 0 unspecified atom stereocenters. The second-order valence-electron chi connectivity index (χ2n) is 2.84. The molecule has 0 aliphatic rings. The summed E-state index contributed by atoms with van der Waals surface area (Å²) in [4.78, 5) is 10.6. The topological polar surface area (TPSA) is 87.7 Å². The van der Waals surface area contributed by atoms with Crippen LogP contribution in [0.1, 0.15) is 19.3 Å². The molecule has 0 heterocycles. The van der Waals surface area contributed by atoms with Gasteiger partial charge < -0.3 is 16.3 Å². The van der Waals surface area contributed by atoms with Crippen molar-refractivity contribution in [1.82, 2.24) is 5.32 Å². The van der Waals surface area contributed by atoms with E-state index < -0.39 is 18.5 Å². The number of nitrogens with one attached hydrogen (secondary N) is 1. The molecule has 1 amide bonds. The van der Waals surface area contributed by atoms with Crippen LogP contribution in [-0.4, -0.2) is 29.7 Å². The maximum Gasteiger partial charge on any atom is 0.397 e. The zero-order valence-corrected chi connectivity index (χ0v) is 7.84. The SMILES string of the molecule is NC(CCCNC(=O)CC(F)(F)F)=NO. The van der Waals surface area contributed by atoms with Crippen LogP contribution in [0, 0.1) is 0 Å². The number of oxime groups is 1. The number of hydrogen-bond acceptors (Lipinski definition) is 3. The third-order valence-electron chi connectivity index (χ3n) is 1.42. The lowest BCUT2D eigenvalue weighted by atomic mass is 10.3. The van der Waals surface area contributed by atoms with Crippen LogP contribution in [0.3, 0.4) is 0 Å². The van der Waals surface area contributed by atoms with E-state index in [0.717, 1.165) is 0 Å². The van der Waals surface area contributed by atoms with Crippen LogP contribution < -0.4 is 11.1 Å². The fourth-order valence-electron chi connectivity index (χ4n) is 0.792. The summed E-state index contributed by atoms with van der Waals surface area (Å²) in [6, 6.07) is 0. The number of halogens is 3. The first kappa shape index (κ1) is 13.5. The Morgan fingerprint density at radius 2 is 2.07 bits per heavy atom. The van der Waals surface area contributed by atoms with Crippen LogP contribution in [-0.2, 0) is 4.79 Å². The molecule has 0 saturated carbocycles. The van der Waals surface area contributed by atoms with Gasteiger partial charge in [-0.3, -0.25) is 4.79 Å². The summed E-state index contributed by atoms with van der Waals surface area (Å²) in [5.41, 5.74) is 5.10. The molecule has 0 radical (unpaired) electrons. The van der Waals surface area contributed by atoms with Gasteiger partial charge in [-0.15, -0.1) is 0 Å². The highest BCUT2D eigenvalue weighted by Crippen LogP contribution is 2.18. The Labute approximate surface area is 84.1 Å². The molecule has 0 aliphatic heterocycles. The largest absolute Gasteiger partial charge is 0.409 e. The Bertz CT molecular complexity index is 240. The van der Waals surface area contributed by atoms with E-state index >= 15 is 0 Å².